The molecule has 0 saturated heterocycles. The summed E-state index contributed by atoms with van der Waals surface area (Å²) in [5.74, 6) is 0.626. The molecule has 1 fully saturated rings. The van der Waals surface area contributed by atoms with E-state index in [4.69, 9.17) is 5.73 Å². The molecule has 1 saturated carbocycles. The number of hydrogen-bond donors (Lipinski definition) is 2. The SMILES string of the molecule is Cc1cccc(CNC(=O)C(N)CC2CCCCC2)c1. The molecule has 3 N–H and O–H groups in total. The van der Waals surface area contributed by atoms with E-state index in [1.54, 1.807) is 0 Å². The average Bonchev–Trinajstić information content (AvgIpc) is 2.46. The second-order valence-corrected chi connectivity index (χ2v) is 6.05. The van der Waals surface area contributed by atoms with Crippen molar-refractivity contribution in [2.45, 2.75) is 58.0 Å². The van der Waals surface area contributed by atoms with Crippen molar-refractivity contribution < 1.29 is 4.79 Å². The molecule has 3 nitrogen and oxygen atoms in total. The molecule has 0 bridgehead atoms. The Bertz CT molecular complexity index is 438. The molecule has 0 heterocycles. The van der Waals surface area contributed by atoms with Crippen LogP contribution in [0.3, 0.4) is 0 Å². The molecule has 1 amide bonds. The fourth-order valence-electron chi connectivity index (χ4n) is 3.03. The highest BCUT2D eigenvalue weighted by molar-refractivity contribution is 5.81. The first-order valence-electron chi connectivity index (χ1n) is 7.74. The van der Waals surface area contributed by atoms with Gasteiger partial charge < -0.3 is 11.1 Å². The Balaban J connectivity index is 1.76. The summed E-state index contributed by atoms with van der Waals surface area (Å²) < 4.78 is 0. The highest BCUT2D eigenvalue weighted by Gasteiger charge is 2.20. The normalized spacial score (nSPS) is 17.7. The van der Waals surface area contributed by atoms with Crippen molar-refractivity contribution in [3.8, 4) is 0 Å². The van der Waals surface area contributed by atoms with Gasteiger partial charge in [0.2, 0.25) is 5.91 Å². The number of nitrogens with one attached hydrogen (secondary N) is 1. The second-order valence-electron chi connectivity index (χ2n) is 6.05. The monoisotopic (exact) mass is 274 g/mol. The molecule has 1 aliphatic rings. The molecule has 3 heteroatoms. The molecule has 0 aromatic heterocycles. The summed E-state index contributed by atoms with van der Waals surface area (Å²) in [5, 5.41) is 2.95. The Hall–Kier alpha value is -1.35. The van der Waals surface area contributed by atoms with Gasteiger partial charge in [-0.3, -0.25) is 4.79 Å². The molecule has 0 spiro atoms. The maximum atomic E-state index is 12.0. The third-order valence-corrected chi connectivity index (χ3v) is 4.20. The zero-order valence-corrected chi connectivity index (χ0v) is 12.4. The lowest BCUT2D eigenvalue weighted by Gasteiger charge is -2.24. The van der Waals surface area contributed by atoms with E-state index >= 15 is 0 Å². The molecule has 1 aliphatic carbocycles. The molecule has 20 heavy (non-hydrogen) atoms. The van der Waals surface area contributed by atoms with Crippen LogP contribution in [0.1, 0.15) is 49.7 Å². The first-order valence-corrected chi connectivity index (χ1v) is 7.74. The minimum atomic E-state index is -0.358. The first-order chi connectivity index (χ1) is 9.65. The van der Waals surface area contributed by atoms with E-state index in [1.807, 2.05) is 12.1 Å². The third-order valence-electron chi connectivity index (χ3n) is 4.20. The topological polar surface area (TPSA) is 55.1 Å². The lowest BCUT2D eigenvalue weighted by atomic mass is 9.85. The molecule has 0 radical (unpaired) electrons. The van der Waals surface area contributed by atoms with Crippen LogP contribution in [0.5, 0.6) is 0 Å². The first kappa shape index (κ1) is 15.0. The Kier molecular flexibility index (Phi) is 5.60. The van der Waals surface area contributed by atoms with Crippen LogP contribution in [0.15, 0.2) is 24.3 Å². The van der Waals surface area contributed by atoms with Crippen LogP contribution in [-0.4, -0.2) is 11.9 Å². The minimum Gasteiger partial charge on any atom is -0.351 e. The summed E-state index contributed by atoms with van der Waals surface area (Å²) in [6, 6.07) is 7.83. The van der Waals surface area contributed by atoms with Crippen LogP contribution in [0, 0.1) is 12.8 Å². The van der Waals surface area contributed by atoms with E-state index in [9.17, 15) is 4.79 Å². The standard InChI is InChI=1S/C17H26N2O/c1-13-6-5-9-15(10-13)12-19-17(20)16(18)11-14-7-3-2-4-8-14/h5-6,9-10,14,16H,2-4,7-8,11-12,18H2,1H3,(H,19,20). The van der Waals surface area contributed by atoms with Gasteiger partial charge in [-0.2, -0.15) is 0 Å². The molecule has 1 atom stereocenters. The van der Waals surface area contributed by atoms with E-state index in [-0.39, 0.29) is 11.9 Å². The summed E-state index contributed by atoms with van der Waals surface area (Å²) in [5.41, 5.74) is 8.37. The van der Waals surface area contributed by atoms with Crippen LogP contribution < -0.4 is 11.1 Å². The molecule has 1 unspecified atom stereocenters. The van der Waals surface area contributed by atoms with Crippen LogP contribution in [0.2, 0.25) is 0 Å². The Labute approximate surface area is 121 Å². The highest BCUT2D eigenvalue weighted by Crippen LogP contribution is 2.26. The van der Waals surface area contributed by atoms with Gasteiger partial charge in [0.1, 0.15) is 0 Å². The lowest BCUT2D eigenvalue weighted by Crippen LogP contribution is -2.41. The van der Waals surface area contributed by atoms with Gasteiger partial charge in [0, 0.05) is 6.54 Å². The molecule has 110 valence electrons. The molecule has 0 aliphatic heterocycles. The number of rotatable bonds is 5. The van der Waals surface area contributed by atoms with Crippen molar-refractivity contribution in [3.05, 3.63) is 35.4 Å². The number of aryl methyl sites for hydroxylation is 1. The quantitative estimate of drug-likeness (QED) is 0.867. The van der Waals surface area contributed by atoms with Gasteiger partial charge >= 0.3 is 0 Å². The van der Waals surface area contributed by atoms with Crippen LogP contribution in [0.25, 0.3) is 0 Å². The molecular formula is C17H26N2O. The van der Waals surface area contributed by atoms with Gasteiger partial charge in [0.05, 0.1) is 6.04 Å². The van der Waals surface area contributed by atoms with Crippen molar-refractivity contribution in [3.63, 3.8) is 0 Å². The van der Waals surface area contributed by atoms with Crippen LogP contribution in [0.4, 0.5) is 0 Å². The van der Waals surface area contributed by atoms with Gasteiger partial charge in [0.15, 0.2) is 0 Å². The smallest absolute Gasteiger partial charge is 0.237 e. The summed E-state index contributed by atoms with van der Waals surface area (Å²) in [6.07, 6.45) is 7.23. The summed E-state index contributed by atoms with van der Waals surface area (Å²) >= 11 is 0. The predicted octanol–water partition coefficient (Wildman–Crippen LogP) is 2.91. The van der Waals surface area contributed by atoms with Gasteiger partial charge in [-0.15, -0.1) is 0 Å². The third kappa shape index (κ3) is 4.64. The zero-order valence-electron chi connectivity index (χ0n) is 12.4. The zero-order chi connectivity index (χ0) is 14.4. The van der Waals surface area contributed by atoms with Gasteiger partial charge in [-0.1, -0.05) is 61.9 Å². The Morgan fingerprint density at radius 1 is 1.35 bits per heavy atom. The van der Waals surface area contributed by atoms with Gasteiger partial charge in [0.25, 0.3) is 0 Å². The Morgan fingerprint density at radius 3 is 2.80 bits per heavy atom. The fourth-order valence-corrected chi connectivity index (χ4v) is 3.03. The average molecular weight is 274 g/mol. The summed E-state index contributed by atoms with van der Waals surface area (Å²) in [6.45, 7) is 2.62. The van der Waals surface area contributed by atoms with Crippen molar-refractivity contribution in [2.24, 2.45) is 11.7 Å². The van der Waals surface area contributed by atoms with Crippen molar-refractivity contribution in [2.75, 3.05) is 0 Å². The van der Waals surface area contributed by atoms with E-state index in [0.717, 1.165) is 12.0 Å². The number of nitrogens with two attached hydrogens (primary N) is 1. The summed E-state index contributed by atoms with van der Waals surface area (Å²) in [7, 11) is 0. The van der Waals surface area contributed by atoms with E-state index in [1.165, 1.54) is 37.7 Å². The highest BCUT2D eigenvalue weighted by atomic mass is 16.2. The van der Waals surface area contributed by atoms with Crippen LogP contribution >= 0.6 is 0 Å². The van der Waals surface area contributed by atoms with E-state index < -0.39 is 0 Å². The lowest BCUT2D eigenvalue weighted by molar-refractivity contribution is -0.122. The van der Waals surface area contributed by atoms with E-state index in [0.29, 0.717) is 12.5 Å². The number of carbonyl (C=O) groups is 1. The largest absolute Gasteiger partial charge is 0.351 e. The maximum absolute atomic E-state index is 12.0. The summed E-state index contributed by atoms with van der Waals surface area (Å²) in [4.78, 5) is 12.0. The molecule has 1 aromatic carbocycles. The predicted molar refractivity (Wildman–Crippen MR) is 82.2 cm³/mol. The van der Waals surface area contributed by atoms with Crippen molar-refractivity contribution >= 4 is 5.91 Å². The Morgan fingerprint density at radius 2 is 2.10 bits per heavy atom. The van der Waals surface area contributed by atoms with Gasteiger partial charge in [-0.25, -0.2) is 0 Å². The molecule has 2 rings (SSSR count). The minimum absolute atomic E-state index is 0.0166. The van der Waals surface area contributed by atoms with Crippen molar-refractivity contribution in [1.29, 1.82) is 0 Å². The number of benzene rings is 1. The number of amides is 1. The maximum Gasteiger partial charge on any atom is 0.237 e. The number of hydrogen-bond acceptors (Lipinski definition) is 2. The van der Waals surface area contributed by atoms with Crippen molar-refractivity contribution in [1.82, 2.24) is 5.32 Å². The van der Waals surface area contributed by atoms with Gasteiger partial charge in [-0.05, 0) is 24.8 Å². The second kappa shape index (κ2) is 7.44. The molecule has 1 aromatic rings. The number of carbonyl (C=O) groups excluding carboxylic acids is 1. The van der Waals surface area contributed by atoms with Crippen LogP contribution in [-0.2, 0) is 11.3 Å². The van der Waals surface area contributed by atoms with E-state index in [2.05, 4.69) is 24.4 Å². The molecular weight excluding hydrogens is 248 g/mol. The fraction of sp³-hybridized carbons (Fsp3) is 0.588.